The molecule has 0 saturated heterocycles. The maximum atomic E-state index is 12.8. The number of ether oxygens (including phenoxy) is 1. The number of carbonyl (C=O) groups excluding carboxylic acids is 1. The summed E-state index contributed by atoms with van der Waals surface area (Å²) in [6, 6.07) is 29.0. The summed E-state index contributed by atoms with van der Waals surface area (Å²) in [7, 11) is 0. The first-order valence-corrected chi connectivity index (χ1v) is 21.7. The standard InChI is InChI=1S/C28H29N3O2.C24H21N3O2/c1-2-3-14-33-28(32)25-17-24(22-5-6-22)18-30-26(25)16-21-4-7-27-23(15-21)10-13-31(27)19-20-8-11-29-12-9-20;28-24(29)21-13-20(18-2-3-18)14-26-22(21)12-17-1-4-23-19(11-17)7-10-27(23)15-16-5-8-25-9-6-16/h4,7-13,15,17-18,22H,2-3,5-6,14,16,19H2,1H3;1,4-11,13-14,18H,2-3,12,15H2,(H,28,29). The molecule has 0 radical (unpaired) electrons. The average molecular weight is 823 g/mol. The third kappa shape index (κ3) is 9.65. The smallest absolute Gasteiger partial charge is 0.340 e. The van der Waals surface area contributed by atoms with Crippen LogP contribution in [-0.4, -0.2) is 52.7 Å². The molecule has 2 fully saturated rings. The van der Waals surface area contributed by atoms with Gasteiger partial charge in [0.25, 0.3) is 0 Å². The summed E-state index contributed by atoms with van der Waals surface area (Å²) in [5, 5.41) is 12.0. The summed E-state index contributed by atoms with van der Waals surface area (Å²) in [6.45, 7) is 4.15. The van der Waals surface area contributed by atoms with Crippen LogP contribution in [0.4, 0.5) is 0 Å². The molecule has 62 heavy (non-hydrogen) atoms. The van der Waals surface area contributed by atoms with Gasteiger partial charge in [-0.05, 0) is 161 Å². The fourth-order valence-electron chi connectivity index (χ4n) is 8.08. The van der Waals surface area contributed by atoms with E-state index in [0.717, 1.165) is 77.6 Å². The van der Waals surface area contributed by atoms with Gasteiger partial charge in [0, 0.05) is 86.5 Å². The van der Waals surface area contributed by atoms with Gasteiger partial charge in [0.15, 0.2) is 0 Å². The Morgan fingerprint density at radius 3 is 1.58 bits per heavy atom. The predicted molar refractivity (Wildman–Crippen MR) is 241 cm³/mol. The third-order valence-corrected chi connectivity index (χ3v) is 11.9. The molecule has 10 nitrogen and oxygen atoms in total. The van der Waals surface area contributed by atoms with Crippen molar-refractivity contribution in [2.45, 2.75) is 83.2 Å². The molecular formula is C52H50N6O4. The van der Waals surface area contributed by atoms with Crippen molar-refractivity contribution in [3.8, 4) is 0 Å². The zero-order valence-corrected chi connectivity index (χ0v) is 35.0. The Kier molecular flexibility index (Phi) is 12.0. The van der Waals surface area contributed by atoms with Gasteiger partial charge in [-0.3, -0.25) is 19.9 Å². The lowest BCUT2D eigenvalue weighted by Gasteiger charge is -2.11. The highest BCUT2D eigenvalue weighted by atomic mass is 16.5. The second-order valence-corrected chi connectivity index (χ2v) is 16.6. The molecule has 10 heteroatoms. The second kappa shape index (κ2) is 18.4. The third-order valence-electron chi connectivity index (χ3n) is 11.9. The van der Waals surface area contributed by atoms with E-state index in [9.17, 15) is 14.7 Å². The number of esters is 1. The number of nitrogens with zero attached hydrogens (tertiary/aromatic N) is 6. The number of pyridine rings is 4. The van der Waals surface area contributed by atoms with Crippen LogP contribution in [0.25, 0.3) is 21.8 Å². The Hall–Kier alpha value is -6.94. The summed E-state index contributed by atoms with van der Waals surface area (Å²) in [4.78, 5) is 42.0. The van der Waals surface area contributed by atoms with E-state index in [2.05, 4.69) is 91.9 Å². The van der Waals surface area contributed by atoms with Gasteiger partial charge in [-0.25, -0.2) is 9.59 Å². The molecule has 8 aromatic rings. The molecule has 1 N–H and O–H groups in total. The second-order valence-electron chi connectivity index (χ2n) is 16.6. The zero-order chi connectivity index (χ0) is 42.4. The van der Waals surface area contributed by atoms with Crippen LogP contribution < -0.4 is 0 Å². The average Bonchev–Trinajstić information content (AvgIpc) is 4.24. The largest absolute Gasteiger partial charge is 0.478 e. The van der Waals surface area contributed by atoms with Crippen molar-refractivity contribution in [3.05, 3.63) is 190 Å². The molecule has 0 atom stereocenters. The number of hydrogen-bond acceptors (Lipinski definition) is 7. The first kappa shape index (κ1) is 40.5. The minimum atomic E-state index is -0.903. The summed E-state index contributed by atoms with van der Waals surface area (Å²) in [6.07, 6.45) is 22.9. The normalized spacial score (nSPS) is 13.5. The predicted octanol–water partition coefficient (Wildman–Crippen LogP) is 10.6. The number of unbranched alkanes of at least 4 members (excludes halogenated alkanes) is 1. The van der Waals surface area contributed by atoms with Gasteiger partial charge < -0.3 is 19.0 Å². The van der Waals surface area contributed by atoms with Gasteiger partial charge in [0.05, 0.1) is 29.1 Å². The van der Waals surface area contributed by atoms with Crippen LogP contribution in [0.3, 0.4) is 0 Å². The lowest BCUT2D eigenvalue weighted by Crippen LogP contribution is -2.12. The van der Waals surface area contributed by atoms with E-state index in [4.69, 9.17) is 9.72 Å². The van der Waals surface area contributed by atoms with Gasteiger partial charge in [-0.2, -0.15) is 0 Å². The van der Waals surface area contributed by atoms with E-state index < -0.39 is 5.97 Å². The van der Waals surface area contributed by atoms with Gasteiger partial charge in [0.1, 0.15) is 0 Å². The number of rotatable bonds is 15. The van der Waals surface area contributed by atoms with Crippen LogP contribution in [0.2, 0.25) is 0 Å². The van der Waals surface area contributed by atoms with Crippen LogP contribution in [0.5, 0.6) is 0 Å². The molecule has 0 spiro atoms. The summed E-state index contributed by atoms with van der Waals surface area (Å²) in [5.74, 6) is -0.117. The highest BCUT2D eigenvalue weighted by molar-refractivity contribution is 5.91. The van der Waals surface area contributed by atoms with Crippen LogP contribution >= 0.6 is 0 Å². The minimum absolute atomic E-state index is 0.252. The molecule has 0 bridgehead atoms. The number of aromatic nitrogens is 6. The number of carboxylic acids is 1. The maximum absolute atomic E-state index is 12.8. The zero-order valence-electron chi connectivity index (χ0n) is 35.0. The molecule has 0 unspecified atom stereocenters. The molecule has 312 valence electrons. The van der Waals surface area contributed by atoms with E-state index in [1.54, 1.807) is 12.4 Å². The van der Waals surface area contributed by atoms with Gasteiger partial charge >= 0.3 is 11.9 Å². The first-order valence-electron chi connectivity index (χ1n) is 21.7. The van der Waals surface area contributed by atoms with Crippen molar-refractivity contribution in [3.63, 3.8) is 0 Å². The molecule has 0 aliphatic heterocycles. The van der Waals surface area contributed by atoms with Crippen LogP contribution in [0.1, 0.15) is 123 Å². The van der Waals surface area contributed by atoms with Crippen molar-refractivity contribution in [2.75, 3.05) is 6.61 Å². The van der Waals surface area contributed by atoms with Crippen molar-refractivity contribution < 1.29 is 19.4 Å². The number of benzene rings is 2. The summed E-state index contributed by atoms with van der Waals surface area (Å²) in [5.41, 5.74) is 11.5. The Labute approximate surface area is 361 Å². The Morgan fingerprint density at radius 2 is 1.11 bits per heavy atom. The fraction of sp³-hybridized carbons (Fsp3) is 0.269. The summed E-state index contributed by atoms with van der Waals surface area (Å²) < 4.78 is 10.00. The van der Waals surface area contributed by atoms with Gasteiger partial charge in [-0.15, -0.1) is 0 Å². The van der Waals surface area contributed by atoms with Crippen molar-refractivity contribution >= 4 is 33.7 Å². The lowest BCUT2D eigenvalue weighted by atomic mass is 10.0. The quantitative estimate of drug-likeness (QED) is 0.0800. The highest BCUT2D eigenvalue weighted by Gasteiger charge is 2.27. The van der Waals surface area contributed by atoms with Crippen LogP contribution in [-0.2, 0) is 30.7 Å². The molecule has 2 aliphatic carbocycles. The molecule has 10 rings (SSSR count). The summed E-state index contributed by atoms with van der Waals surface area (Å²) >= 11 is 0. The van der Waals surface area contributed by atoms with Crippen molar-refractivity contribution in [1.29, 1.82) is 0 Å². The Balaban J connectivity index is 0.000000159. The number of fused-ring (bicyclic) bond motifs is 2. The number of carbonyl (C=O) groups is 2. The minimum Gasteiger partial charge on any atom is -0.478 e. The maximum Gasteiger partial charge on any atom is 0.340 e. The molecular weight excluding hydrogens is 773 g/mol. The molecule has 0 amide bonds. The lowest BCUT2D eigenvalue weighted by molar-refractivity contribution is 0.0497. The van der Waals surface area contributed by atoms with E-state index in [1.165, 1.54) is 34.9 Å². The van der Waals surface area contributed by atoms with Crippen molar-refractivity contribution in [2.24, 2.45) is 0 Å². The molecule has 2 aliphatic rings. The van der Waals surface area contributed by atoms with Gasteiger partial charge in [-0.1, -0.05) is 25.5 Å². The number of hydrogen-bond donors (Lipinski definition) is 1. The SMILES string of the molecule is CCCCOC(=O)c1cc(C2CC2)cnc1Cc1ccc2c(ccn2Cc2ccncc2)c1.O=C(O)c1cc(C2CC2)cnc1Cc1ccc2c(ccn2Cc2ccncc2)c1. The molecule has 6 heterocycles. The molecule has 6 aromatic heterocycles. The van der Waals surface area contributed by atoms with Crippen LogP contribution in [0, 0.1) is 0 Å². The Morgan fingerprint density at radius 1 is 0.629 bits per heavy atom. The van der Waals surface area contributed by atoms with E-state index in [-0.39, 0.29) is 5.97 Å². The van der Waals surface area contributed by atoms with E-state index in [1.807, 2.05) is 61.2 Å². The number of carboxylic acid groups (broad SMARTS) is 1. The monoisotopic (exact) mass is 822 g/mol. The molecule has 2 aromatic carbocycles. The van der Waals surface area contributed by atoms with Crippen molar-refractivity contribution in [1.82, 2.24) is 29.1 Å². The number of aromatic carboxylic acids is 1. The topological polar surface area (TPSA) is 125 Å². The first-order chi connectivity index (χ1) is 30.4. The van der Waals surface area contributed by atoms with E-state index >= 15 is 0 Å². The highest BCUT2D eigenvalue weighted by Crippen LogP contribution is 2.41. The van der Waals surface area contributed by atoms with Gasteiger partial charge in [0.2, 0.25) is 0 Å². The Bertz CT molecular complexity index is 2840. The van der Waals surface area contributed by atoms with Crippen LogP contribution in [0.15, 0.2) is 135 Å². The fourth-order valence-corrected chi connectivity index (χ4v) is 8.08. The molecule has 2 saturated carbocycles. The van der Waals surface area contributed by atoms with E-state index in [0.29, 0.717) is 48.1 Å².